The van der Waals surface area contributed by atoms with Gasteiger partial charge in [0, 0.05) is 5.69 Å². The predicted molar refractivity (Wildman–Crippen MR) is 66.1 cm³/mol. The number of rotatable bonds is 1. The van der Waals surface area contributed by atoms with Crippen LogP contribution in [0.1, 0.15) is 11.4 Å². The molecule has 0 amide bonds. The van der Waals surface area contributed by atoms with Gasteiger partial charge in [0.05, 0.1) is 10.0 Å². The summed E-state index contributed by atoms with van der Waals surface area (Å²) in [5, 5.41) is 3.52. The SMILES string of the molecule is Cc1cc(C(F)(F)F)nn1-c1nc(Cl)c(Cl)cc1Cl. The molecule has 2 heterocycles. The smallest absolute Gasteiger partial charge is 0.218 e. The lowest BCUT2D eigenvalue weighted by molar-refractivity contribution is -0.141. The van der Waals surface area contributed by atoms with Gasteiger partial charge in [0.2, 0.25) is 0 Å². The molecule has 0 bridgehead atoms. The maximum atomic E-state index is 12.6. The van der Waals surface area contributed by atoms with Crippen LogP contribution in [0, 0.1) is 6.92 Å². The van der Waals surface area contributed by atoms with E-state index in [1.54, 1.807) is 0 Å². The molecule has 0 fully saturated rings. The Morgan fingerprint density at radius 3 is 2.26 bits per heavy atom. The first-order valence-corrected chi connectivity index (χ1v) is 5.99. The van der Waals surface area contributed by atoms with E-state index < -0.39 is 11.9 Å². The van der Waals surface area contributed by atoms with Gasteiger partial charge in [-0.15, -0.1) is 0 Å². The number of hydrogen-bond donors (Lipinski definition) is 0. The summed E-state index contributed by atoms with van der Waals surface area (Å²) in [5.74, 6) is -0.0101. The van der Waals surface area contributed by atoms with Crippen molar-refractivity contribution in [1.29, 1.82) is 0 Å². The van der Waals surface area contributed by atoms with Crippen LogP contribution < -0.4 is 0 Å². The quantitative estimate of drug-likeness (QED) is 0.718. The Bertz CT molecular complexity index is 637. The molecule has 0 saturated heterocycles. The average molecular weight is 331 g/mol. The van der Waals surface area contributed by atoms with Gasteiger partial charge in [0.25, 0.3) is 0 Å². The van der Waals surface area contributed by atoms with E-state index in [-0.39, 0.29) is 26.7 Å². The molecule has 0 radical (unpaired) electrons. The van der Waals surface area contributed by atoms with E-state index in [0.717, 1.165) is 10.7 Å². The standard InChI is InChI=1S/C10H5Cl3F3N3/c1-4-2-7(10(14,15)16)18-19(4)9-6(12)3-5(11)8(13)17-9/h2-3H,1H3. The van der Waals surface area contributed by atoms with Crippen LogP contribution in [0.15, 0.2) is 12.1 Å². The Morgan fingerprint density at radius 1 is 1.11 bits per heavy atom. The summed E-state index contributed by atoms with van der Waals surface area (Å²) in [6.45, 7) is 1.45. The molecule has 0 aromatic carbocycles. The van der Waals surface area contributed by atoms with Crippen molar-refractivity contribution < 1.29 is 13.2 Å². The molecule has 0 aliphatic carbocycles. The number of aromatic nitrogens is 3. The van der Waals surface area contributed by atoms with Gasteiger partial charge < -0.3 is 0 Å². The van der Waals surface area contributed by atoms with Gasteiger partial charge in [-0.2, -0.15) is 18.3 Å². The van der Waals surface area contributed by atoms with Gasteiger partial charge >= 0.3 is 6.18 Å². The molecule has 2 aromatic rings. The van der Waals surface area contributed by atoms with Crippen molar-refractivity contribution in [2.45, 2.75) is 13.1 Å². The maximum Gasteiger partial charge on any atom is 0.435 e. The van der Waals surface area contributed by atoms with Crippen LogP contribution in [0.4, 0.5) is 13.2 Å². The highest BCUT2D eigenvalue weighted by atomic mass is 35.5. The molecule has 0 saturated carbocycles. The molecule has 0 atom stereocenters. The number of hydrogen-bond acceptors (Lipinski definition) is 2. The topological polar surface area (TPSA) is 30.7 Å². The van der Waals surface area contributed by atoms with E-state index in [1.807, 2.05) is 0 Å². The van der Waals surface area contributed by atoms with Crippen molar-refractivity contribution in [1.82, 2.24) is 14.8 Å². The van der Waals surface area contributed by atoms with E-state index in [0.29, 0.717) is 0 Å². The largest absolute Gasteiger partial charge is 0.435 e. The van der Waals surface area contributed by atoms with Gasteiger partial charge in [-0.1, -0.05) is 34.8 Å². The zero-order valence-electron chi connectivity index (χ0n) is 9.26. The van der Waals surface area contributed by atoms with Crippen LogP contribution in [0.25, 0.3) is 5.82 Å². The summed E-state index contributed by atoms with van der Waals surface area (Å²) in [6.07, 6.45) is -4.54. The number of nitrogens with zero attached hydrogens (tertiary/aromatic N) is 3. The molecule has 3 nitrogen and oxygen atoms in total. The molecule has 19 heavy (non-hydrogen) atoms. The lowest BCUT2D eigenvalue weighted by Crippen LogP contribution is -2.08. The second kappa shape index (κ2) is 4.85. The summed E-state index contributed by atoms with van der Waals surface area (Å²) in [4.78, 5) is 3.83. The van der Waals surface area contributed by atoms with Gasteiger partial charge in [-0.05, 0) is 19.1 Å². The van der Waals surface area contributed by atoms with Gasteiger partial charge in [0.1, 0.15) is 5.15 Å². The number of pyridine rings is 1. The normalized spacial score (nSPS) is 11.9. The minimum atomic E-state index is -4.54. The highest BCUT2D eigenvalue weighted by molar-refractivity contribution is 6.42. The van der Waals surface area contributed by atoms with Crippen molar-refractivity contribution in [3.8, 4) is 5.82 Å². The molecule has 0 aliphatic rings. The van der Waals surface area contributed by atoms with Gasteiger partial charge in [-0.3, -0.25) is 0 Å². The number of alkyl halides is 3. The first-order chi connectivity index (χ1) is 8.70. The van der Waals surface area contributed by atoms with E-state index in [1.165, 1.54) is 13.0 Å². The van der Waals surface area contributed by atoms with E-state index >= 15 is 0 Å². The maximum absolute atomic E-state index is 12.6. The number of halogens is 6. The van der Waals surface area contributed by atoms with Crippen LogP contribution in [-0.2, 0) is 6.18 Å². The monoisotopic (exact) mass is 329 g/mol. The van der Waals surface area contributed by atoms with E-state index in [2.05, 4.69) is 10.1 Å². The molecular weight excluding hydrogens is 325 g/mol. The van der Waals surface area contributed by atoms with Crippen molar-refractivity contribution >= 4 is 34.8 Å². The third kappa shape index (κ3) is 2.80. The average Bonchev–Trinajstić information content (AvgIpc) is 2.65. The van der Waals surface area contributed by atoms with Crippen molar-refractivity contribution in [3.05, 3.63) is 38.7 Å². The molecule has 9 heteroatoms. The minimum Gasteiger partial charge on any atom is -0.218 e. The minimum absolute atomic E-state index is 0.0101. The van der Waals surface area contributed by atoms with Gasteiger partial charge in [0.15, 0.2) is 11.5 Å². The number of aryl methyl sites for hydroxylation is 1. The van der Waals surface area contributed by atoms with E-state index in [9.17, 15) is 13.2 Å². The summed E-state index contributed by atoms with van der Waals surface area (Å²) < 4.78 is 38.7. The van der Waals surface area contributed by atoms with E-state index in [4.69, 9.17) is 34.8 Å². The van der Waals surface area contributed by atoms with Gasteiger partial charge in [-0.25, -0.2) is 9.67 Å². The van der Waals surface area contributed by atoms with Crippen molar-refractivity contribution in [2.75, 3.05) is 0 Å². The predicted octanol–water partition coefficient (Wildman–Crippen LogP) is 4.55. The second-order valence-electron chi connectivity index (χ2n) is 3.65. The molecular formula is C10H5Cl3F3N3. The molecule has 2 aromatic heterocycles. The Labute approximate surface area is 120 Å². The fourth-order valence-corrected chi connectivity index (χ4v) is 1.98. The second-order valence-corrected chi connectivity index (χ2v) is 4.82. The van der Waals surface area contributed by atoms with Crippen LogP contribution in [0.2, 0.25) is 15.2 Å². The van der Waals surface area contributed by atoms with Crippen molar-refractivity contribution in [2.24, 2.45) is 0 Å². The summed E-state index contributed by atoms with van der Waals surface area (Å²) >= 11 is 17.3. The Morgan fingerprint density at radius 2 is 1.74 bits per heavy atom. The Hall–Kier alpha value is -0.980. The summed E-state index contributed by atoms with van der Waals surface area (Å²) in [7, 11) is 0. The summed E-state index contributed by atoms with van der Waals surface area (Å²) in [5.41, 5.74) is -0.811. The van der Waals surface area contributed by atoms with Crippen LogP contribution in [0.3, 0.4) is 0 Å². The fourth-order valence-electron chi connectivity index (χ4n) is 1.41. The third-order valence-corrected chi connectivity index (χ3v) is 3.20. The van der Waals surface area contributed by atoms with Crippen LogP contribution in [-0.4, -0.2) is 14.8 Å². The lowest BCUT2D eigenvalue weighted by Gasteiger charge is -2.07. The Kier molecular flexibility index (Phi) is 3.68. The first kappa shape index (κ1) is 14.4. The molecule has 0 N–H and O–H groups in total. The summed E-state index contributed by atoms with van der Waals surface area (Å²) in [6, 6.07) is 2.18. The Balaban J connectivity index is 2.60. The lowest BCUT2D eigenvalue weighted by atomic mass is 10.3. The highest BCUT2D eigenvalue weighted by Crippen LogP contribution is 2.32. The molecule has 0 unspecified atom stereocenters. The zero-order chi connectivity index (χ0) is 14.4. The highest BCUT2D eigenvalue weighted by Gasteiger charge is 2.34. The van der Waals surface area contributed by atoms with Crippen molar-refractivity contribution in [3.63, 3.8) is 0 Å². The van der Waals surface area contributed by atoms with Crippen LogP contribution >= 0.6 is 34.8 Å². The first-order valence-electron chi connectivity index (χ1n) is 4.86. The fraction of sp³-hybridized carbons (Fsp3) is 0.200. The molecule has 102 valence electrons. The molecule has 0 spiro atoms. The molecule has 2 rings (SSSR count). The third-order valence-electron chi connectivity index (χ3n) is 2.25. The molecule has 0 aliphatic heterocycles. The zero-order valence-corrected chi connectivity index (χ0v) is 11.5. The van der Waals surface area contributed by atoms with Crippen LogP contribution in [0.5, 0.6) is 0 Å².